The molecule has 1 heterocycles. The van der Waals surface area contributed by atoms with Crippen LogP contribution in [0.1, 0.15) is 33.1 Å². The van der Waals surface area contributed by atoms with Crippen LogP contribution in [-0.2, 0) is 4.79 Å². The van der Waals surface area contributed by atoms with Gasteiger partial charge in [0.2, 0.25) is 5.91 Å². The minimum absolute atomic E-state index is 0.219. The van der Waals surface area contributed by atoms with E-state index in [1.807, 2.05) is 18.7 Å². The Balaban J connectivity index is 2.25. The first-order valence-electron chi connectivity index (χ1n) is 4.65. The summed E-state index contributed by atoms with van der Waals surface area (Å²) in [6.45, 7) is 4.22. The molecule has 0 radical (unpaired) electrons. The maximum Gasteiger partial charge on any atom is 0.220 e. The highest BCUT2D eigenvalue weighted by atomic mass is 32.2. The second-order valence-corrected chi connectivity index (χ2v) is 4.77. The Labute approximate surface area is 78.5 Å². The molecule has 0 aromatic rings. The third kappa shape index (κ3) is 2.70. The number of carbonyl (C=O) groups is 1. The van der Waals surface area contributed by atoms with Crippen molar-refractivity contribution < 1.29 is 4.79 Å². The largest absolute Gasteiger partial charge is 0.352 e. The van der Waals surface area contributed by atoms with Crippen LogP contribution in [0.15, 0.2) is 0 Å². The van der Waals surface area contributed by atoms with Crippen molar-refractivity contribution >= 4 is 17.7 Å². The number of hydrogen-bond donors (Lipinski definition) is 1. The van der Waals surface area contributed by atoms with Gasteiger partial charge in [-0.1, -0.05) is 13.8 Å². The fourth-order valence-electron chi connectivity index (χ4n) is 1.43. The normalized spacial score (nSPS) is 28.8. The molecule has 0 aromatic heterocycles. The van der Waals surface area contributed by atoms with Gasteiger partial charge in [-0.15, -0.1) is 0 Å². The fraction of sp³-hybridized carbons (Fsp3) is 0.889. The lowest BCUT2D eigenvalue weighted by Crippen LogP contribution is -2.37. The molecular weight excluding hydrogens is 170 g/mol. The molecule has 1 aliphatic heterocycles. The third-order valence-electron chi connectivity index (χ3n) is 2.20. The minimum Gasteiger partial charge on any atom is -0.352 e. The van der Waals surface area contributed by atoms with Crippen molar-refractivity contribution in [3.05, 3.63) is 0 Å². The Bertz CT molecular complexity index is 161. The average molecular weight is 187 g/mol. The zero-order chi connectivity index (χ0) is 8.97. The molecule has 12 heavy (non-hydrogen) atoms. The number of thioether (sulfide) groups is 1. The van der Waals surface area contributed by atoms with Gasteiger partial charge in [-0.3, -0.25) is 4.79 Å². The van der Waals surface area contributed by atoms with Crippen LogP contribution in [0, 0.1) is 0 Å². The van der Waals surface area contributed by atoms with Gasteiger partial charge in [0.15, 0.2) is 0 Å². The summed E-state index contributed by atoms with van der Waals surface area (Å²) in [7, 11) is 0. The first-order valence-corrected chi connectivity index (χ1v) is 5.70. The van der Waals surface area contributed by atoms with E-state index in [9.17, 15) is 4.79 Å². The van der Waals surface area contributed by atoms with E-state index < -0.39 is 0 Å². The van der Waals surface area contributed by atoms with Crippen molar-refractivity contribution in [1.82, 2.24) is 5.32 Å². The molecule has 0 saturated carbocycles. The van der Waals surface area contributed by atoms with Crippen molar-refractivity contribution in [3.63, 3.8) is 0 Å². The highest BCUT2D eigenvalue weighted by Gasteiger charge is 2.24. The molecule has 1 saturated heterocycles. The van der Waals surface area contributed by atoms with Crippen LogP contribution in [0.2, 0.25) is 0 Å². The van der Waals surface area contributed by atoms with Crippen LogP contribution in [-0.4, -0.2) is 23.0 Å². The molecule has 0 aromatic carbocycles. The number of nitrogens with one attached hydrogen (secondary N) is 1. The molecule has 2 atom stereocenters. The van der Waals surface area contributed by atoms with Crippen LogP contribution in [0.5, 0.6) is 0 Å². The summed E-state index contributed by atoms with van der Waals surface area (Å²) in [6, 6.07) is 0.425. The van der Waals surface area contributed by atoms with E-state index in [0.717, 1.165) is 12.8 Å². The summed E-state index contributed by atoms with van der Waals surface area (Å²) < 4.78 is 0. The van der Waals surface area contributed by atoms with Gasteiger partial charge in [-0.05, 0) is 18.6 Å². The molecule has 1 aliphatic rings. The van der Waals surface area contributed by atoms with Gasteiger partial charge in [-0.25, -0.2) is 0 Å². The van der Waals surface area contributed by atoms with Crippen molar-refractivity contribution in [2.24, 2.45) is 0 Å². The van der Waals surface area contributed by atoms with Crippen LogP contribution >= 0.6 is 11.8 Å². The van der Waals surface area contributed by atoms with Crippen LogP contribution in [0.25, 0.3) is 0 Å². The predicted molar refractivity (Wildman–Crippen MR) is 53.4 cm³/mol. The molecule has 1 fully saturated rings. The molecule has 2 unspecified atom stereocenters. The molecular formula is C9H17NOS. The van der Waals surface area contributed by atoms with E-state index in [1.165, 1.54) is 5.75 Å². The summed E-state index contributed by atoms with van der Waals surface area (Å²) in [5, 5.41) is 3.67. The van der Waals surface area contributed by atoms with Crippen molar-refractivity contribution in [2.75, 3.05) is 5.75 Å². The standard InChI is InChI=1S/C9H17NOS/c1-3-4-9(11)10-8-5-6-12-7(8)2/h7-8H,3-6H2,1-2H3,(H,10,11). The van der Waals surface area contributed by atoms with Crippen molar-refractivity contribution in [2.45, 2.75) is 44.4 Å². The van der Waals surface area contributed by atoms with Crippen LogP contribution < -0.4 is 5.32 Å². The Morgan fingerprint density at radius 1 is 1.67 bits per heavy atom. The molecule has 0 spiro atoms. The number of amides is 1. The molecule has 1 amide bonds. The fourth-order valence-corrected chi connectivity index (χ4v) is 2.63. The number of carbonyl (C=O) groups excluding carboxylic acids is 1. The summed E-state index contributed by atoms with van der Waals surface area (Å²) in [5.41, 5.74) is 0. The molecule has 0 aliphatic carbocycles. The van der Waals surface area contributed by atoms with Gasteiger partial charge in [0.05, 0.1) is 0 Å². The van der Waals surface area contributed by atoms with E-state index in [2.05, 4.69) is 12.2 Å². The summed E-state index contributed by atoms with van der Waals surface area (Å²) in [5.74, 6) is 1.41. The second kappa shape index (κ2) is 4.75. The minimum atomic E-state index is 0.219. The maximum atomic E-state index is 11.2. The van der Waals surface area contributed by atoms with Gasteiger partial charge in [-0.2, -0.15) is 11.8 Å². The van der Waals surface area contributed by atoms with Gasteiger partial charge in [0.25, 0.3) is 0 Å². The van der Waals surface area contributed by atoms with Gasteiger partial charge in [0, 0.05) is 17.7 Å². The lowest BCUT2D eigenvalue weighted by Gasteiger charge is -2.15. The lowest BCUT2D eigenvalue weighted by molar-refractivity contribution is -0.121. The second-order valence-electron chi connectivity index (χ2n) is 3.29. The third-order valence-corrected chi connectivity index (χ3v) is 3.53. The van der Waals surface area contributed by atoms with Gasteiger partial charge < -0.3 is 5.32 Å². The molecule has 70 valence electrons. The van der Waals surface area contributed by atoms with E-state index in [4.69, 9.17) is 0 Å². The molecule has 3 heteroatoms. The quantitative estimate of drug-likeness (QED) is 0.730. The summed E-state index contributed by atoms with van der Waals surface area (Å²) in [6.07, 6.45) is 2.76. The molecule has 1 N–H and O–H groups in total. The van der Waals surface area contributed by atoms with Crippen molar-refractivity contribution in [1.29, 1.82) is 0 Å². The summed E-state index contributed by atoms with van der Waals surface area (Å²) in [4.78, 5) is 11.2. The van der Waals surface area contributed by atoms with E-state index >= 15 is 0 Å². The van der Waals surface area contributed by atoms with Crippen LogP contribution in [0.3, 0.4) is 0 Å². The first kappa shape index (κ1) is 9.90. The highest BCUT2D eigenvalue weighted by molar-refractivity contribution is 8.00. The number of hydrogen-bond acceptors (Lipinski definition) is 2. The molecule has 0 bridgehead atoms. The lowest BCUT2D eigenvalue weighted by atomic mass is 10.1. The zero-order valence-corrected chi connectivity index (χ0v) is 8.62. The monoisotopic (exact) mass is 187 g/mol. The Morgan fingerprint density at radius 2 is 2.42 bits per heavy atom. The molecule has 2 nitrogen and oxygen atoms in total. The van der Waals surface area contributed by atoms with E-state index in [-0.39, 0.29) is 5.91 Å². The molecule has 1 rings (SSSR count). The summed E-state index contributed by atoms with van der Waals surface area (Å²) >= 11 is 1.95. The topological polar surface area (TPSA) is 29.1 Å². The van der Waals surface area contributed by atoms with E-state index in [1.54, 1.807) is 0 Å². The van der Waals surface area contributed by atoms with Crippen LogP contribution in [0.4, 0.5) is 0 Å². The Hall–Kier alpha value is -0.180. The Kier molecular flexibility index (Phi) is 3.92. The van der Waals surface area contributed by atoms with Gasteiger partial charge in [0.1, 0.15) is 0 Å². The predicted octanol–water partition coefficient (Wildman–Crippen LogP) is 1.80. The Morgan fingerprint density at radius 3 is 2.92 bits per heavy atom. The van der Waals surface area contributed by atoms with Gasteiger partial charge >= 0.3 is 0 Å². The number of rotatable bonds is 3. The van der Waals surface area contributed by atoms with E-state index in [0.29, 0.717) is 17.7 Å². The average Bonchev–Trinajstić information content (AvgIpc) is 2.37. The zero-order valence-electron chi connectivity index (χ0n) is 7.80. The first-order chi connectivity index (χ1) is 5.74. The maximum absolute atomic E-state index is 11.2. The SMILES string of the molecule is CCCC(=O)NC1CCSC1C. The highest BCUT2D eigenvalue weighted by Crippen LogP contribution is 2.25. The van der Waals surface area contributed by atoms with Crippen molar-refractivity contribution in [3.8, 4) is 0 Å². The smallest absolute Gasteiger partial charge is 0.220 e.